The van der Waals surface area contributed by atoms with Crippen molar-refractivity contribution in [2.75, 3.05) is 4.90 Å². The van der Waals surface area contributed by atoms with E-state index >= 15 is 0 Å². The zero-order valence-electron chi connectivity index (χ0n) is 28.6. The Kier molecular flexibility index (Phi) is 8.28. The molecule has 1 heterocycles. The lowest BCUT2D eigenvalue weighted by Gasteiger charge is -2.26. The van der Waals surface area contributed by atoms with E-state index in [0.29, 0.717) is 0 Å². The molecule has 0 fully saturated rings. The van der Waals surface area contributed by atoms with Crippen LogP contribution in [0, 0.1) is 0 Å². The fraction of sp³-hybridized carbons (Fsp3) is 0. The third kappa shape index (κ3) is 6.00. The van der Waals surface area contributed by atoms with Crippen molar-refractivity contribution >= 4 is 54.6 Å². The molecule has 0 aliphatic heterocycles. The Morgan fingerprint density at radius 3 is 1.33 bits per heavy atom. The van der Waals surface area contributed by atoms with Crippen molar-refractivity contribution in [2.45, 2.75) is 0 Å². The Balaban J connectivity index is 1.07. The van der Waals surface area contributed by atoms with Crippen LogP contribution in [0.5, 0.6) is 0 Å². The average Bonchev–Trinajstić information content (AvgIpc) is 3.61. The highest BCUT2D eigenvalue weighted by atomic mass is 32.1. The van der Waals surface area contributed by atoms with Gasteiger partial charge in [0.1, 0.15) is 0 Å². The molecular weight excluding hydrogens is 647 g/mol. The van der Waals surface area contributed by atoms with Crippen LogP contribution in [-0.4, -0.2) is 0 Å². The van der Waals surface area contributed by atoms with Crippen LogP contribution in [0.1, 0.15) is 5.56 Å². The van der Waals surface area contributed by atoms with E-state index in [-0.39, 0.29) is 0 Å². The van der Waals surface area contributed by atoms with Gasteiger partial charge in [-0.25, -0.2) is 0 Å². The van der Waals surface area contributed by atoms with Gasteiger partial charge < -0.3 is 4.90 Å². The molecule has 0 aliphatic rings. The quantitative estimate of drug-likeness (QED) is 0.154. The van der Waals surface area contributed by atoms with Crippen molar-refractivity contribution in [2.24, 2.45) is 0 Å². The highest BCUT2D eigenvalue weighted by Gasteiger charge is 2.15. The first kappa shape index (κ1) is 31.5. The summed E-state index contributed by atoms with van der Waals surface area (Å²) in [5.74, 6) is 0. The molecule has 0 aliphatic carbocycles. The van der Waals surface area contributed by atoms with Crippen LogP contribution >= 0.6 is 11.3 Å². The molecule has 1 aromatic heterocycles. The fourth-order valence-corrected chi connectivity index (χ4v) is 8.35. The topological polar surface area (TPSA) is 3.24 Å². The van der Waals surface area contributed by atoms with Crippen LogP contribution in [-0.2, 0) is 0 Å². The number of rotatable bonds is 8. The summed E-state index contributed by atoms with van der Waals surface area (Å²) in [5.41, 5.74) is 14.1. The normalized spacial score (nSPS) is 11.2. The average molecular weight is 682 g/mol. The van der Waals surface area contributed by atoms with Gasteiger partial charge in [0.2, 0.25) is 0 Å². The molecule has 246 valence electrons. The third-order valence-corrected chi connectivity index (χ3v) is 11.1. The predicted molar refractivity (Wildman–Crippen MR) is 226 cm³/mol. The van der Waals surface area contributed by atoms with Gasteiger partial charge in [-0.15, -0.1) is 11.3 Å². The van der Waals surface area contributed by atoms with Gasteiger partial charge in [-0.2, -0.15) is 0 Å². The van der Waals surface area contributed by atoms with Crippen LogP contribution in [0.15, 0.2) is 201 Å². The maximum atomic E-state index is 3.90. The van der Waals surface area contributed by atoms with E-state index in [4.69, 9.17) is 0 Å². The Morgan fingerprint density at radius 2 is 0.788 bits per heavy atom. The SMILES string of the molecule is C=Cc1ccc(-c2ccc(N(c3ccc(-c4ccc(-c5ccccc5)cc4)cc3)c3ccc(-c4cccc5c4sc4ccccc45)cc3)cc2)cc1. The first-order chi connectivity index (χ1) is 25.7. The van der Waals surface area contributed by atoms with Crippen molar-refractivity contribution in [1.82, 2.24) is 0 Å². The van der Waals surface area contributed by atoms with Crippen molar-refractivity contribution in [3.8, 4) is 44.5 Å². The van der Waals surface area contributed by atoms with E-state index in [2.05, 4.69) is 206 Å². The summed E-state index contributed by atoms with van der Waals surface area (Å²) < 4.78 is 2.65. The van der Waals surface area contributed by atoms with Crippen molar-refractivity contribution in [3.63, 3.8) is 0 Å². The minimum Gasteiger partial charge on any atom is -0.311 e. The number of thiophene rings is 1. The van der Waals surface area contributed by atoms with E-state index < -0.39 is 0 Å². The van der Waals surface area contributed by atoms with Gasteiger partial charge in [-0.3, -0.25) is 0 Å². The second-order valence-electron chi connectivity index (χ2n) is 13.0. The monoisotopic (exact) mass is 681 g/mol. The van der Waals surface area contributed by atoms with Gasteiger partial charge >= 0.3 is 0 Å². The van der Waals surface area contributed by atoms with E-state index in [1.54, 1.807) is 0 Å². The van der Waals surface area contributed by atoms with Gasteiger partial charge in [-0.05, 0) is 92.5 Å². The molecule has 9 aromatic rings. The summed E-state index contributed by atoms with van der Waals surface area (Å²) in [6, 6.07) is 70.1. The predicted octanol–water partition coefficient (Wildman–Crippen LogP) is 14.8. The van der Waals surface area contributed by atoms with Crippen LogP contribution in [0.3, 0.4) is 0 Å². The van der Waals surface area contributed by atoms with Crippen LogP contribution in [0.25, 0.3) is 70.8 Å². The maximum Gasteiger partial charge on any atom is 0.0462 e. The van der Waals surface area contributed by atoms with Gasteiger partial charge in [-0.1, -0.05) is 164 Å². The lowest BCUT2D eigenvalue weighted by molar-refractivity contribution is 1.28. The molecule has 0 saturated carbocycles. The Labute approximate surface area is 309 Å². The minimum absolute atomic E-state index is 1.10. The van der Waals surface area contributed by atoms with Crippen molar-refractivity contribution < 1.29 is 0 Å². The summed E-state index contributed by atoms with van der Waals surface area (Å²) in [7, 11) is 0. The Morgan fingerprint density at radius 1 is 0.365 bits per heavy atom. The second-order valence-corrected chi connectivity index (χ2v) is 14.1. The maximum absolute atomic E-state index is 3.90. The zero-order chi connectivity index (χ0) is 34.9. The number of fused-ring (bicyclic) bond motifs is 3. The molecule has 2 heteroatoms. The number of hydrogen-bond acceptors (Lipinski definition) is 2. The number of nitrogens with zero attached hydrogens (tertiary/aromatic N) is 1. The molecule has 0 saturated heterocycles. The molecule has 9 rings (SSSR count). The molecule has 0 N–H and O–H groups in total. The van der Waals surface area contributed by atoms with Crippen LogP contribution < -0.4 is 4.90 Å². The summed E-state index contributed by atoms with van der Waals surface area (Å²) in [6.45, 7) is 3.90. The largest absolute Gasteiger partial charge is 0.311 e. The summed E-state index contributed by atoms with van der Waals surface area (Å²) >= 11 is 1.87. The number of hydrogen-bond donors (Lipinski definition) is 0. The molecule has 0 atom stereocenters. The molecular formula is C50H35NS. The van der Waals surface area contributed by atoms with Crippen LogP contribution in [0.2, 0.25) is 0 Å². The van der Waals surface area contributed by atoms with Gasteiger partial charge in [0, 0.05) is 37.2 Å². The van der Waals surface area contributed by atoms with Gasteiger partial charge in [0.15, 0.2) is 0 Å². The highest BCUT2D eigenvalue weighted by Crippen LogP contribution is 2.42. The second kappa shape index (κ2) is 13.7. The standard InChI is InChI=1S/C50H35NS/c1-2-35-15-17-37(18-16-35)40-23-29-43(30-24-40)51(44-31-25-41(26-32-44)39-21-19-38(20-22-39)36-9-4-3-5-10-36)45-33-27-42(28-34-45)46-12-8-13-48-47-11-6-7-14-49(47)52-50(46)48/h2-34H,1H2. The first-order valence-electron chi connectivity index (χ1n) is 17.6. The first-order valence-corrected chi connectivity index (χ1v) is 18.4. The summed E-state index contributed by atoms with van der Waals surface area (Å²) in [6.07, 6.45) is 1.88. The van der Waals surface area contributed by atoms with Crippen molar-refractivity contribution in [3.05, 3.63) is 206 Å². The molecule has 0 radical (unpaired) electrons. The fourth-order valence-electron chi connectivity index (χ4n) is 7.12. The summed E-state index contributed by atoms with van der Waals surface area (Å²) in [4.78, 5) is 2.34. The highest BCUT2D eigenvalue weighted by molar-refractivity contribution is 7.26. The zero-order valence-corrected chi connectivity index (χ0v) is 29.4. The Hall–Kier alpha value is -6.48. The molecule has 0 bridgehead atoms. The van der Waals surface area contributed by atoms with E-state index in [1.165, 1.54) is 64.7 Å². The number of anilines is 3. The van der Waals surface area contributed by atoms with E-state index in [1.807, 2.05) is 17.4 Å². The molecule has 8 aromatic carbocycles. The molecule has 0 amide bonds. The molecule has 1 nitrogen and oxygen atoms in total. The van der Waals surface area contributed by atoms with E-state index in [0.717, 1.165) is 22.6 Å². The minimum atomic E-state index is 1.10. The molecule has 52 heavy (non-hydrogen) atoms. The number of benzene rings is 8. The molecule has 0 unspecified atom stereocenters. The smallest absolute Gasteiger partial charge is 0.0462 e. The van der Waals surface area contributed by atoms with Gasteiger partial charge in [0.05, 0.1) is 0 Å². The lowest BCUT2D eigenvalue weighted by atomic mass is 9.99. The lowest BCUT2D eigenvalue weighted by Crippen LogP contribution is -2.09. The van der Waals surface area contributed by atoms with Crippen molar-refractivity contribution in [1.29, 1.82) is 0 Å². The Bertz CT molecular complexity index is 2630. The molecule has 0 spiro atoms. The van der Waals surface area contributed by atoms with Crippen LogP contribution in [0.4, 0.5) is 17.1 Å². The van der Waals surface area contributed by atoms with Gasteiger partial charge in [0.25, 0.3) is 0 Å². The van der Waals surface area contributed by atoms with E-state index in [9.17, 15) is 0 Å². The summed E-state index contributed by atoms with van der Waals surface area (Å²) in [5, 5.41) is 2.64. The third-order valence-electron chi connectivity index (χ3n) is 9.90.